The third-order valence-electron chi connectivity index (χ3n) is 4.24. The highest BCUT2D eigenvalue weighted by atomic mass is 35.5. The number of hydrazine groups is 1. The lowest BCUT2D eigenvalue weighted by Crippen LogP contribution is -2.47. The van der Waals surface area contributed by atoms with Crippen molar-refractivity contribution >= 4 is 23.1 Å². The van der Waals surface area contributed by atoms with Gasteiger partial charge in [-0.3, -0.25) is 0 Å². The molecule has 1 aromatic heterocycles. The molecule has 1 aliphatic heterocycles. The van der Waals surface area contributed by atoms with Crippen LogP contribution in [-0.2, 0) is 0 Å². The van der Waals surface area contributed by atoms with E-state index in [4.69, 9.17) is 22.1 Å². The Morgan fingerprint density at radius 3 is 2.40 bits per heavy atom. The van der Waals surface area contributed by atoms with Crippen molar-refractivity contribution in [3.05, 3.63) is 34.6 Å². The van der Waals surface area contributed by atoms with Crippen LogP contribution >= 0.6 is 11.6 Å². The van der Waals surface area contributed by atoms with Crippen molar-refractivity contribution in [1.29, 1.82) is 0 Å². The maximum Gasteiger partial charge on any atom is 0.248 e. The van der Waals surface area contributed by atoms with Crippen LogP contribution in [0.5, 0.6) is 11.6 Å². The maximum atomic E-state index is 6.21. The lowest BCUT2D eigenvalue weighted by molar-refractivity contribution is 0.178. The van der Waals surface area contributed by atoms with Gasteiger partial charge >= 0.3 is 0 Å². The van der Waals surface area contributed by atoms with E-state index in [1.54, 1.807) is 0 Å². The number of benzene rings is 1. The molecule has 0 aliphatic carbocycles. The Hall–Kier alpha value is -2.09. The van der Waals surface area contributed by atoms with Gasteiger partial charge in [0.05, 0.1) is 0 Å². The first-order chi connectivity index (χ1) is 11.9. The normalized spacial score (nSPS) is 16.0. The summed E-state index contributed by atoms with van der Waals surface area (Å²) in [6, 6.07) is 3.73. The highest BCUT2D eigenvalue weighted by Gasteiger charge is 2.17. The predicted octanol–water partition coefficient (Wildman–Crippen LogP) is 2.70. The van der Waals surface area contributed by atoms with E-state index in [-0.39, 0.29) is 0 Å². The minimum absolute atomic E-state index is 0.327. The molecule has 0 amide bonds. The Kier molecular flexibility index (Phi) is 5.27. The minimum atomic E-state index is 0.327. The van der Waals surface area contributed by atoms with Gasteiger partial charge in [-0.25, -0.2) is 9.99 Å². The molecule has 3 N–H and O–H groups in total. The zero-order valence-corrected chi connectivity index (χ0v) is 15.5. The molecule has 0 radical (unpaired) electrons. The van der Waals surface area contributed by atoms with Gasteiger partial charge in [0, 0.05) is 31.2 Å². The molecule has 1 aromatic carbocycles. The first-order valence-electron chi connectivity index (χ1n) is 8.19. The Bertz CT molecular complexity index is 738. The first kappa shape index (κ1) is 17.7. The Morgan fingerprint density at radius 2 is 1.76 bits per heavy atom. The second-order valence-electron chi connectivity index (χ2n) is 6.32. The molecule has 0 bridgehead atoms. The number of anilines is 2. The number of nitrogen functional groups attached to an aromatic ring is 1. The largest absolute Gasteiger partial charge is 0.437 e. The molecular weight excluding hydrogens is 340 g/mol. The van der Waals surface area contributed by atoms with Gasteiger partial charge in [-0.15, -0.1) is 0 Å². The van der Waals surface area contributed by atoms with Crippen LogP contribution in [0.2, 0.25) is 5.02 Å². The van der Waals surface area contributed by atoms with E-state index in [1.807, 2.05) is 26.0 Å². The van der Waals surface area contributed by atoms with Crippen LogP contribution < -0.4 is 15.9 Å². The zero-order valence-electron chi connectivity index (χ0n) is 14.7. The molecule has 0 atom stereocenters. The number of nitrogens with zero attached hydrogens (tertiary/aromatic N) is 4. The van der Waals surface area contributed by atoms with Crippen molar-refractivity contribution in [2.75, 3.05) is 44.4 Å². The van der Waals surface area contributed by atoms with E-state index in [0.717, 1.165) is 42.3 Å². The molecule has 0 spiro atoms. The number of aryl methyl sites for hydroxylation is 2. The second kappa shape index (κ2) is 7.43. The molecule has 1 aliphatic rings. The number of nitrogens with two attached hydrogens (primary N) is 1. The van der Waals surface area contributed by atoms with E-state index >= 15 is 0 Å². The molecule has 8 heteroatoms. The lowest BCUT2D eigenvalue weighted by Gasteiger charge is -2.32. The number of likely N-dealkylation sites (N-methyl/N-ethyl adjacent to an activating group) is 1. The summed E-state index contributed by atoms with van der Waals surface area (Å²) in [4.78, 5) is 10.7. The highest BCUT2D eigenvalue weighted by molar-refractivity contribution is 6.32. The summed E-state index contributed by atoms with van der Waals surface area (Å²) >= 11 is 6.20. The van der Waals surface area contributed by atoms with Crippen LogP contribution in [0.4, 0.5) is 11.5 Å². The Morgan fingerprint density at radius 1 is 1.12 bits per heavy atom. The molecule has 1 saturated heterocycles. The SMILES string of the molecule is Cc1cc(Oc2ncnc(NN3CCN(C)CC3)c2N)cc(C)c1Cl. The van der Waals surface area contributed by atoms with Gasteiger partial charge in [-0.05, 0) is 44.2 Å². The van der Waals surface area contributed by atoms with Gasteiger partial charge in [0.1, 0.15) is 17.8 Å². The summed E-state index contributed by atoms with van der Waals surface area (Å²) in [7, 11) is 2.11. The van der Waals surface area contributed by atoms with Crippen molar-refractivity contribution in [2.24, 2.45) is 0 Å². The van der Waals surface area contributed by atoms with Crippen LogP contribution in [0.3, 0.4) is 0 Å². The molecule has 0 saturated carbocycles. The average molecular weight is 363 g/mol. The van der Waals surface area contributed by atoms with Gasteiger partial charge < -0.3 is 20.8 Å². The third-order valence-corrected chi connectivity index (χ3v) is 4.84. The van der Waals surface area contributed by atoms with E-state index in [2.05, 4.69) is 32.4 Å². The molecule has 3 rings (SSSR count). The topological polar surface area (TPSA) is 79.5 Å². The smallest absolute Gasteiger partial charge is 0.248 e. The molecule has 0 unspecified atom stereocenters. The van der Waals surface area contributed by atoms with E-state index in [9.17, 15) is 0 Å². The number of nitrogens with one attached hydrogen (secondary N) is 1. The highest BCUT2D eigenvalue weighted by Crippen LogP contribution is 2.32. The van der Waals surface area contributed by atoms with Crippen molar-refractivity contribution < 1.29 is 4.74 Å². The summed E-state index contributed by atoms with van der Waals surface area (Å²) < 4.78 is 5.87. The summed E-state index contributed by atoms with van der Waals surface area (Å²) in [6.07, 6.45) is 1.44. The van der Waals surface area contributed by atoms with Crippen LogP contribution in [-0.4, -0.2) is 53.1 Å². The molecule has 25 heavy (non-hydrogen) atoms. The summed E-state index contributed by atoms with van der Waals surface area (Å²) in [5.41, 5.74) is 11.7. The predicted molar refractivity (Wildman–Crippen MR) is 100 cm³/mol. The number of rotatable bonds is 4. The van der Waals surface area contributed by atoms with Gasteiger partial charge in [0.15, 0.2) is 5.82 Å². The van der Waals surface area contributed by atoms with E-state index in [1.165, 1.54) is 6.33 Å². The molecule has 1 fully saturated rings. The number of halogens is 1. The summed E-state index contributed by atoms with van der Waals surface area (Å²) in [5.74, 6) is 1.53. The lowest BCUT2D eigenvalue weighted by atomic mass is 10.1. The number of hydrogen-bond donors (Lipinski definition) is 2. The van der Waals surface area contributed by atoms with Crippen LogP contribution in [0, 0.1) is 13.8 Å². The Balaban J connectivity index is 1.77. The molecule has 134 valence electrons. The van der Waals surface area contributed by atoms with Crippen molar-refractivity contribution in [1.82, 2.24) is 19.9 Å². The number of ether oxygens (including phenoxy) is 1. The fourth-order valence-electron chi connectivity index (χ4n) is 2.69. The number of aromatic nitrogens is 2. The number of hydrogen-bond acceptors (Lipinski definition) is 7. The summed E-state index contributed by atoms with van der Waals surface area (Å²) in [5, 5.41) is 2.83. The van der Waals surface area contributed by atoms with Crippen LogP contribution in [0.1, 0.15) is 11.1 Å². The van der Waals surface area contributed by atoms with E-state index < -0.39 is 0 Å². The van der Waals surface area contributed by atoms with Crippen LogP contribution in [0.25, 0.3) is 0 Å². The van der Waals surface area contributed by atoms with E-state index in [0.29, 0.717) is 23.1 Å². The van der Waals surface area contributed by atoms with Gasteiger partial charge in [0.25, 0.3) is 0 Å². The first-order valence-corrected chi connectivity index (χ1v) is 8.57. The average Bonchev–Trinajstić information content (AvgIpc) is 2.58. The molecule has 2 aromatic rings. The quantitative estimate of drug-likeness (QED) is 0.865. The van der Waals surface area contributed by atoms with Gasteiger partial charge in [0.2, 0.25) is 5.88 Å². The fraction of sp³-hybridized carbons (Fsp3) is 0.412. The van der Waals surface area contributed by atoms with Crippen LogP contribution in [0.15, 0.2) is 18.5 Å². The Labute approximate surface area is 152 Å². The zero-order chi connectivity index (χ0) is 18.0. The van der Waals surface area contributed by atoms with Crippen molar-refractivity contribution in [3.63, 3.8) is 0 Å². The third kappa shape index (κ3) is 4.12. The summed E-state index contributed by atoms with van der Waals surface area (Å²) in [6.45, 7) is 7.64. The second-order valence-corrected chi connectivity index (χ2v) is 6.69. The molecular formula is C17H23ClN6O. The van der Waals surface area contributed by atoms with Crippen molar-refractivity contribution in [3.8, 4) is 11.6 Å². The standard InChI is InChI=1S/C17H23ClN6O/c1-11-8-13(9-12(2)14(11)18)25-17-15(19)16(20-10-21-17)22-24-6-4-23(3)5-7-24/h8-10H,4-7,19H2,1-3H3,(H,20,21,22). The van der Waals surface area contributed by atoms with Gasteiger partial charge in [-0.1, -0.05) is 11.6 Å². The minimum Gasteiger partial charge on any atom is -0.437 e. The molecule has 7 nitrogen and oxygen atoms in total. The monoisotopic (exact) mass is 362 g/mol. The van der Waals surface area contributed by atoms with Crippen molar-refractivity contribution in [2.45, 2.75) is 13.8 Å². The maximum absolute atomic E-state index is 6.21. The molecule has 2 heterocycles. The number of piperazine rings is 1. The fourth-order valence-corrected chi connectivity index (χ4v) is 2.80. The van der Waals surface area contributed by atoms with Gasteiger partial charge in [-0.2, -0.15) is 4.98 Å².